The summed E-state index contributed by atoms with van der Waals surface area (Å²) in [6.45, 7) is 7.49. The predicted octanol–water partition coefficient (Wildman–Crippen LogP) is 5.68. The van der Waals surface area contributed by atoms with E-state index in [1.165, 1.54) is 4.68 Å². The maximum atomic E-state index is 13.7. The van der Waals surface area contributed by atoms with Gasteiger partial charge in [-0.05, 0) is 94.7 Å². The van der Waals surface area contributed by atoms with Crippen LogP contribution >= 0.6 is 0 Å². The lowest BCUT2D eigenvalue weighted by Gasteiger charge is -2.34. The van der Waals surface area contributed by atoms with E-state index in [2.05, 4.69) is 16.1 Å². The molecule has 1 unspecified atom stereocenters. The minimum atomic E-state index is -0.591. The van der Waals surface area contributed by atoms with Gasteiger partial charge in [-0.25, -0.2) is 4.79 Å². The van der Waals surface area contributed by atoms with E-state index in [4.69, 9.17) is 4.74 Å². The highest BCUT2D eigenvalue weighted by atomic mass is 16.6. The number of aromatic nitrogens is 2. The lowest BCUT2D eigenvalue weighted by Crippen LogP contribution is -2.44. The Morgan fingerprint density at radius 3 is 2.46 bits per heavy atom. The number of ether oxygens (including phenoxy) is 1. The Kier molecular flexibility index (Phi) is 6.36. The molecule has 5 rings (SSSR count). The number of aryl methyl sites for hydroxylation is 2. The molecule has 1 saturated carbocycles. The molecule has 2 aliphatic carbocycles. The van der Waals surface area contributed by atoms with E-state index in [1.54, 1.807) is 6.20 Å². The molecule has 2 aromatic carbocycles. The number of nitriles is 1. The molecule has 1 amide bonds. The summed E-state index contributed by atoms with van der Waals surface area (Å²) in [5.41, 5.74) is 5.46. The molecule has 0 N–H and O–H groups in total. The molecule has 2 aliphatic rings. The fraction of sp³-hybridized carbons (Fsp3) is 0.400. The molecule has 37 heavy (non-hydrogen) atoms. The van der Waals surface area contributed by atoms with Crippen molar-refractivity contribution >= 4 is 12.0 Å². The largest absolute Gasteiger partial charge is 0.442 e. The van der Waals surface area contributed by atoms with Gasteiger partial charge in [-0.2, -0.15) is 15.0 Å². The Morgan fingerprint density at radius 2 is 1.81 bits per heavy atom. The molecule has 0 saturated heterocycles. The Balaban J connectivity index is 1.35. The van der Waals surface area contributed by atoms with Crippen LogP contribution in [0, 0.1) is 18.3 Å². The summed E-state index contributed by atoms with van der Waals surface area (Å²) < 4.78 is 6.76. The van der Waals surface area contributed by atoms with Crippen molar-refractivity contribution < 1.29 is 14.3 Å². The topological polar surface area (TPSA) is 88.2 Å². The molecule has 1 heterocycles. The Labute approximate surface area is 217 Å². The molecule has 0 radical (unpaired) electrons. The molecule has 1 atom stereocenters. The summed E-state index contributed by atoms with van der Waals surface area (Å²) in [5.74, 6) is 0.0346. The first kappa shape index (κ1) is 24.8. The third-order valence-corrected chi connectivity index (χ3v) is 7.01. The van der Waals surface area contributed by atoms with Crippen LogP contribution in [-0.4, -0.2) is 44.4 Å². The van der Waals surface area contributed by atoms with E-state index >= 15 is 0 Å². The lowest BCUT2D eigenvalue weighted by molar-refractivity contribution is 0.0513. The maximum absolute atomic E-state index is 13.7. The number of nitrogens with zero attached hydrogens (tertiary/aromatic N) is 4. The average Bonchev–Trinajstić information content (AvgIpc) is 3.59. The van der Waals surface area contributed by atoms with Gasteiger partial charge in [0.15, 0.2) is 0 Å². The van der Waals surface area contributed by atoms with Crippen molar-refractivity contribution in [2.75, 3.05) is 0 Å². The van der Waals surface area contributed by atoms with E-state index in [0.717, 1.165) is 53.6 Å². The van der Waals surface area contributed by atoms with Gasteiger partial charge in [0, 0.05) is 29.4 Å². The zero-order valence-electron chi connectivity index (χ0n) is 21.8. The van der Waals surface area contributed by atoms with Gasteiger partial charge >= 0.3 is 6.09 Å². The van der Waals surface area contributed by atoms with Crippen LogP contribution in [0.4, 0.5) is 4.79 Å². The summed E-state index contributed by atoms with van der Waals surface area (Å²) in [4.78, 5) is 28.3. The number of amides is 1. The Morgan fingerprint density at radius 1 is 1.08 bits per heavy atom. The normalized spacial score (nSPS) is 17.0. The van der Waals surface area contributed by atoms with E-state index in [9.17, 15) is 14.9 Å². The van der Waals surface area contributed by atoms with Crippen molar-refractivity contribution in [3.63, 3.8) is 0 Å². The second kappa shape index (κ2) is 9.51. The molecule has 0 aliphatic heterocycles. The summed E-state index contributed by atoms with van der Waals surface area (Å²) >= 11 is 0. The quantitative estimate of drug-likeness (QED) is 0.464. The van der Waals surface area contributed by atoms with Crippen molar-refractivity contribution in [3.8, 4) is 17.2 Å². The van der Waals surface area contributed by atoms with Crippen molar-refractivity contribution in [1.82, 2.24) is 14.7 Å². The minimum Gasteiger partial charge on any atom is -0.442 e. The number of fused-ring (bicyclic) bond motifs is 1. The smallest absolute Gasteiger partial charge is 0.435 e. The first-order valence-electron chi connectivity index (χ1n) is 12.9. The van der Waals surface area contributed by atoms with E-state index in [-0.39, 0.29) is 18.0 Å². The first-order valence-corrected chi connectivity index (χ1v) is 12.9. The van der Waals surface area contributed by atoms with E-state index in [1.807, 2.05) is 70.2 Å². The van der Waals surface area contributed by atoms with Gasteiger partial charge in [0.2, 0.25) is 0 Å². The molecular formula is C30H32N4O3. The average molecular weight is 497 g/mol. The standard InChI is InChI=1S/C30H32N4O3/c1-19-6-5-7-22(17-31)27(19)20-8-10-21(11-9-20)28(35)34(24-12-13-24)25-14-15-26-23(16-25)18-33(32-26)29(36)37-30(2,3)4/h5-11,18,24-25H,12-16H2,1-4H3. The summed E-state index contributed by atoms with van der Waals surface area (Å²) in [7, 11) is 0. The molecule has 3 aromatic rings. The second-order valence-electron chi connectivity index (χ2n) is 11.1. The zero-order chi connectivity index (χ0) is 26.3. The highest BCUT2D eigenvalue weighted by Gasteiger charge is 2.39. The number of carbonyl (C=O) groups is 2. The Bertz CT molecular complexity index is 1390. The monoisotopic (exact) mass is 496 g/mol. The number of rotatable bonds is 4. The SMILES string of the molecule is Cc1cccc(C#N)c1-c1ccc(C(=O)N(C2CC2)C2CCc3nn(C(=O)OC(C)(C)C)cc3C2)cc1. The van der Waals surface area contributed by atoms with Crippen LogP contribution in [0.3, 0.4) is 0 Å². The lowest BCUT2D eigenvalue weighted by atomic mass is 9.91. The van der Waals surface area contributed by atoms with E-state index in [0.29, 0.717) is 17.5 Å². The molecule has 190 valence electrons. The van der Waals surface area contributed by atoms with Crippen LogP contribution in [0.2, 0.25) is 0 Å². The van der Waals surface area contributed by atoms with Gasteiger partial charge in [0.1, 0.15) is 5.60 Å². The number of carbonyl (C=O) groups excluding carboxylic acids is 2. The molecule has 0 bridgehead atoms. The van der Waals surface area contributed by atoms with Gasteiger partial charge in [0.05, 0.1) is 17.3 Å². The highest BCUT2D eigenvalue weighted by Crippen LogP contribution is 2.35. The van der Waals surface area contributed by atoms with Crippen LogP contribution in [0.25, 0.3) is 11.1 Å². The van der Waals surface area contributed by atoms with Gasteiger partial charge in [-0.1, -0.05) is 24.3 Å². The zero-order valence-corrected chi connectivity index (χ0v) is 21.8. The van der Waals surface area contributed by atoms with Gasteiger partial charge < -0.3 is 9.64 Å². The molecule has 0 spiro atoms. The Hall–Kier alpha value is -3.92. The van der Waals surface area contributed by atoms with Gasteiger partial charge in [0.25, 0.3) is 5.91 Å². The van der Waals surface area contributed by atoms with Gasteiger partial charge in [-0.3, -0.25) is 4.79 Å². The van der Waals surface area contributed by atoms with E-state index < -0.39 is 11.7 Å². The fourth-order valence-electron chi connectivity index (χ4n) is 5.18. The number of benzene rings is 2. The van der Waals surface area contributed by atoms with Crippen LogP contribution in [0.1, 0.15) is 72.8 Å². The van der Waals surface area contributed by atoms with Crippen LogP contribution < -0.4 is 0 Å². The number of hydrogen-bond donors (Lipinski definition) is 0. The van der Waals surface area contributed by atoms with Gasteiger partial charge in [-0.15, -0.1) is 0 Å². The van der Waals surface area contributed by atoms with Crippen molar-refractivity contribution in [2.24, 2.45) is 0 Å². The first-order chi connectivity index (χ1) is 17.6. The third kappa shape index (κ3) is 5.15. The van der Waals surface area contributed by atoms with Crippen molar-refractivity contribution in [2.45, 2.75) is 77.5 Å². The van der Waals surface area contributed by atoms with Crippen molar-refractivity contribution in [3.05, 3.63) is 76.6 Å². The predicted molar refractivity (Wildman–Crippen MR) is 140 cm³/mol. The third-order valence-electron chi connectivity index (χ3n) is 7.01. The second-order valence-corrected chi connectivity index (χ2v) is 11.1. The van der Waals surface area contributed by atoms with Crippen LogP contribution in [0.15, 0.2) is 48.7 Å². The molecule has 1 aromatic heterocycles. The highest BCUT2D eigenvalue weighted by molar-refractivity contribution is 5.95. The molecule has 7 nitrogen and oxygen atoms in total. The molecular weight excluding hydrogens is 464 g/mol. The summed E-state index contributed by atoms with van der Waals surface area (Å²) in [5, 5.41) is 14.0. The summed E-state index contributed by atoms with van der Waals surface area (Å²) in [6.07, 6.45) is 5.50. The maximum Gasteiger partial charge on any atom is 0.435 e. The minimum absolute atomic E-state index is 0.0346. The fourth-order valence-corrected chi connectivity index (χ4v) is 5.18. The molecule has 7 heteroatoms. The molecule has 1 fully saturated rings. The van der Waals surface area contributed by atoms with Crippen LogP contribution in [0.5, 0.6) is 0 Å². The number of hydrogen-bond acceptors (Lipinski definition) is 5. The summed E-state index contributed by atoms with van der Waals surface area (Å²) in [6, 6.07) is 15.9. The van der Waals surface area contributed by atoms with Crippen LogP contribution in [-0.2, 0) is 17.6 Å². The van der Waals surface area contributed by atoms with Crippen molar-refractivity contribution in [1.29, 1.82) is 5.26 Å².